The first kappa shape index (κ1) is 11.0. The smallest absolute Gasteiger partial charge is 0.241 e. The van der Waals surface area contributed by atoms with Crippen molar-refractivity contribution in [2.75, 3.05) is 17.3 Å². The number of phenolic OH excluding ortho intramolecular Hbond substituents is 1. The number of alkyl halides is 1. The number of benzene rings is 1. The van der Waals surface area contributed by atoms with Gasteiger partial charge in [0.2, 0.25) is 5.91 Å². The van der Waals surface area contributed by atoms with E-state index < -0.39 is 0 Å². The molecule has 0 radical (unpaired) electrons. The summed E-state index contributed by atoms with van der Waals surface area (Å²) in [7, 11) is 0. The highest BCUT2D eigenvalue weighted by Gasteiger charge is 2.26. The number of carbonyl (C=O) groups excluding carboxylic acids is 2. The van der Waals surface area contributed by atoms with Gasteiger partial charge < -0.3 is 10.0 Å². The Morgan fingerprint density at radius 1 is 1.50 bits per heavy atom. The van der Waals surface area contributed by atoms with Crippen LogP contribution in [0.3, 0.4) is 0 Å². The summed E-state index contributed by atoms with van der Waals surface area (Å²) in [6, 6.07) is 4.39. The van der Waals surface area contributed by atoms with Gasteiger partial charge in [-0.1, -0.05) is 0 Å². The first-order valence-electron chi connectivity index (χ1n) is 4.86. The lowest BCUT2D eigenvalue weighted by Crippen LogP contribution is -2.38. The van der Waals surface area contributed by atoms with E-state index in [-0.39, 0.29) is 29.7 Å². The summed E-state index contributed by atoms with van der Waals surface area (Å²) in [5.74, 6) is -0.396. The number of Topliss-reactive ketones (excluding diaryl/α,β-unsaturated/α-hetero) is 1. The fourth-order valence-corrected chi connectivity index (χ4v) is 1.93. The molecular weight excluding hydrogens is 230 g/mol. The highest BCUT2D eigenvalue weighted by Crippen LogP contribution is 2.30. The number of aromatic hydroxyl groups is 1. The molecule has 0 spiro atoms. The molecule has 2 rings (SSSR count). The van der Waals surface area contributed by atoms with Gasteiger partial charge in [0.25, 0.3) is 0 Å². The molecule has 1 N–H and O–H groups in total. The Bertz CT molecular complexity index is 459. The maximum atomic E-state index is 11.6. The van der Waals surface area contributed by atoms with Crippen molar-refractivity contribution in [1.29, 1.82) is 0 Å². The Morgan fingerprint density at radius 2 is 2.25 bits per heavy atom. The Kier molecular flexibility index (Phi) is 2.83. The predicted octanol–water partition coefficient (Wildman–Crippen LogP) is 1.55. The van der Waals surface area contributed by atoms with Crippen LogP contribution < -0.4 is 4.90 Å². The molecular formula is C11H10ClNO3. The zero-order valence-corrected chi connectivity index (χ0v) is 9.20. The molecule has 0 aromatic heterocycles. The lowest BCUT2D eigenvalue weighted by atomic mass is 10.00. The van der Waals surface area contributed by atoms with Crippen LogP contribution in [0.5, 0.6) is 5.75 Å². The molecule has 0 fully saturated rings. The quantitative estimate of drug-likeness (QED) is 0.757. The van der Waals surface area contributed by atoms with Crippen LogP contribution in [0.15, 0.2) is 18.2 Å². The van der Waals surface area contributed by atoms with Crippen LogP contribution in [0.25, 0.3) is 0 Å². The third kappa shape index (κ3) is 1.76. The Morgan fingerprint density at radius 3 is 2.94 bits per heavy atom. The van der Waals surface area contributed by atoms with E-state index in [0.717, 1.165) is 0 Å². The number of carbonyl (C=O) groups is 2. The molecule has 84 valence electrons. The Balaban J connectivity index is 2.48. The molecule has 0 bridgehead atoms. The molecule has 1 aliphatic rings. The van der Waals surface area contributed by atoms with Crippen LogP contribution in [0.1, 0.15) is 16.8 Å². The van der Waals surface area contributed by atoms with Gasteiger partial charge in [0.1, 0.15) is 11.6 Å². The number of hydrogen-bond acceptors (Lipinski definition) is 3. The number of phenols is 1. The van der Waals surface area contributed by atoms with E-state index in [9.17, 15) is 14.7 Å². The van der Waals surface area contributed by atoms with Crippen LogP contribution in [0.4, 0.5) is 5.69 Å². The lowest BCUT2D eigenvalue weighted by molar-refractivity contribution is -0.116. The average molecular weight is 240 g/mol. The third-order valence-corrected chi connectivity index (χ3v) is 2.78. The zero-order valence-electron chi connectivity index (χ0n) is 8.44. The Labute approximate surface area is 97.4 Å². The van der Waals surface area contributed by atoms with Crippen LogP contribution in [0.2, 0.25) is 0 Å². The summed E-state index contributed by atoms with van der Waals surface area (Å²) >= 11 is 5.49. The monoisotopic (exact) mass is 239 g/mol. The van der Waals surface area contributed by atoms with Gasteiger partial charge >= 0.3 is 0 Å². The van der Waals surface area contributed by atoms with Crippen molar-refractivity contribution in [2.45, 2.75) is 6.42 Å². The largest absolute Gasteiger partial charge is 0.508 e. The van der Waals surface area contributed by atoms with E-state index >= 15 is 0 Å². The van der Waals surface area contributed by atoms with Gasteiger partial charge in [-0.15, -0.1) is 11.6 Å². The van der Waals surface area contributed by atoms with Crippen molar-refractivity contribution in [3.63, 3.8) is 0 Å². The number of anilines is 1. The number of hydrogen-bond donors (Lipinski definition) is 1. The van der Waals surface area contributed by atoms with Gasteiger partial charge in [-0.05, 0) is 18.2 Å². The van der Waals surface area contributed by atoms with Crippen molar-refractivity contribution in [3.8, 4) is 5.75 Å². The number of halogens is 1. The van der Waals surface area contributed by atoms with Crippen LogP contribution in [0, 0.1) is 0 Å². The van der Waals surface area contributed by atoms with E-state index in [2.05, 4.69) is 0 Å². The van der Waals surface area contributed by atoms with Gasteiger partial charge in [-0.2, -0.15) is 0 Å². The summed E-state index contributed by atoms with van der Waals surface area (Å²) in [4.78, 5) is 24.6. The van der Waals surface area contributed by atoms with E-state index in [4.69, 9.17) is 11.6 Å². The highest BCUT2D eigenvalue weighted by atomic mass is 35.5. The van der Waals surface area contributed by atoms with Gasteiger partial charge in [-0.3, -0.25) is 9.59 Å². The zero-order chi connectivity index (χ0) is 11.7. The van der Waals surface area contributed by atoms with Crippen molar-refractivity contribution in [3.05, 3.63) is 23.8 Å². The lowest BCUT2D eigenvalue weighted by Gasteiger charge is -2.28. The second-order valence-electron chi connectivity index (χ2n) is 3.55. The molecule has 1 amide bonds. The highest BCUT2D eigenvalue weighted by molar-refractivity contribution is 6.30. The molecule has 16 heavy (non-hydrogen) atoms. The summed E-state index contributed by atoms with van der Waals surface area (Å²) in [5, 5.41) is 9.31. The van der Waals surface area contributed by atoms with Crippen molar-refractivity contribution in [2.24, 2.45) is 0 Å². The van der Waals surface area contributed by atoms with E-state index in [1.54, 1.807) is 6.07 Å². The molecule has 0 saturated heterocycles. The molecule has 0 unspecified atom stereocenters. The van der Waals surface area contributed by atoms with Crippen molar-refractivity contribution in [1.82, 2.24) is 0 Å². The maximum Gasteiger partial charge on any atom is 0.241 e. The summed E-state index contributed by atoms with van der Waals surface area (Å²) in [6.45, 7) is 0.349. The van der Waals surface area contributed by atoms with Crippen LogP contribution in [-0.2, 0) is 4.79 Å². The average Bonchev–Trinajstić information content (AvgIpc) is 2.29. The van der Waals surface area contributed by atoms with E-state index in [1.165, 1.54) is 17.0 Å². The van der Waals surface area contributed by atoms with Crippen LogP contribution in [-0.4, -0.2) is 29.2 Å². The minimum atomic E-state index is -0.235. The van der Waals surface area contributed by atoms with Crippen molar-refractivity contribution >= 4 is 29.0 Å². The summed E-state index contributed by atoms with van der Waals surface area (Å²) in [5.41, 5.74) is 0.907. The topological polar surface area (TPSA) is 57.6 Å². The molecule has 0 aliphatic carbocycles. The summed E-state index contributed by atoms with van der Waals surface area (Å²) in [6.07, 6.45) is 0.263. The normalized spacial score (nSPS) is 14.8. The molecule has 1 aromatic carbocycles. The maximum absolute atomic E-state index is 11.6. The fraction of sp³-hybridized carbons (Fsp3) is 0.273. The number of ketones is 1. The van der Waals surface area contributed by atoms with Gasteiger partial charge in [0.15, 0.2) is 5.78 Å². The molecule has 5 heteroatoms. The SMILES string of the molecule is O=C1CCN(C(=O)CCl)c2ccc(O)cc21. The second-order valence-corrected chi connectivity index (χ2v) is 3.82. The minimum absolute atomic E-state index is 0.0206. The third-order valence-electron chi connectivity index (χ3n) is 2.55. The standard InChI is InChI=1S/C11H10ClNO3/c12-6-11(16)13-4-3-10(15)8-5-7(14)1-2-9(8)13/h1-2,5,14H,3-4,6H2. The Hall–Kier alpha value is -1.55. The van der Waals surface area contributed by atoms with Gasteiger partial charge in [0.05, 0.1) is 5.69 Å². The summed E-state index contributed by atoms with van der Waals surface area (Å²) < 4.78 is 0. The molecule has 1 heterocycles. The first-order valence-corrected chi connectivity index (χ1v) is 5.39. The first-order chi connectivity index (χ1) is 7.63. The predicted molar refractivity (Wildman–Crippen MR) is 60.1 cm³/mol. The number of fused-ring (bicyclic) bond motifs is 1. The minimum Gasteiger partial charge on any atom is -0.508 e. The van der Waals surface area contributed by atoms with Gasteiger partial charge in [0, 0.05) is 18.5 Å². The number of nitrogens with zero attached hydrogens (tertiary/aromatic N) is 1. The fourth-order valence-electron chi connectivity index (χ4n) is 1.78. The van der Waals surface area contributed by atoms with Gasteiger partial charge in [-0.25, -0.2) is 0 Å². The molecule has 0 saturated carbocycles. The van der Waals surface area contributed by atoms with E-state index in [0.29, 0.717) is 17.8 Å². The van der Waals surface area contributed by atoms with Crippen LogP contribution >= 0.6 is 11.6 Å². The molecule has 4 nitrogen and oxygen atoms in total. The number of amides is 1. The molecule has 0 atom stereocenters. The van der Waals surface area contributed by atoms with E-state index in [1.807, 2.05) is 0 Å². The molecule has 1 aromatic rings. The van der Waals surface area contributed by atoms with Crippen molar-refractivity contribution < 1.29 is 14.7 Å². The molecule has 1 aliphatic heterocycles. The number of rotatable bonds is 1. The second kappa shape index (κ2) is 4.14.